The van der Waals surface area contributed by atoms with Gasteiger partial charge in [0.25, 0.3) is 0 Å². The number of aromatic nitrogens is 8. The normalized spacial score (nSPS) is 11.2. The molecule has 8 rings (SSSR count). The number of hydrogen-bond donors (Lipinski definition) is 2. The lowest BCUT2D eigenvalue weighted by Gasteiger charge is -2.11. The van der Waals surface area contributed by atoms with Crippen LogP contribution in [-0.4, -0.2) is 49.1 Å². The fraction of sp³-hybridized carbons (Fsp3) is 0.167. The maximum atomic E-state index is 5.64. The zero-order valence-corrected chi connectivity index (χ0v) is 28.7. The Morgan fingerprint density at radius 3 is 1.33 bits per heavy atom. The molecule has 0 saturated carbocycles. The number of thiocarbonyl (C=S) groups is 2. The number of nitrogens with one attached hydrogen (secondary N) is 2. The van der Waals surface area contributed by atoms with E-state index < -0.39 is 0 Å². The molecule has 0 aliphatic carbocycles. The molecule has 4 heterocycles. The second-order valence-electron chi connectivity index (χ2n) is 11.9. The number of rotatable bonds is 6. The van der Waals surface area contributed by atoms with Crippen molar-refractivity contribution in [2.75, 3.05) is 10.6 Å². The number of benzene rings is 4. The number of anilines is 2. The molecule has 48 heavy (non-hydrogen) atoms. The molecular weight excluding hydrogens is 637 g/mol. The van der Waals surface area contributed by atoms with Crippen molar-refractivity contribution in [2.45, 2.75) is 12.8 Å². The standard InChI is InChI=1S/C19H18N4S.C17H16N6S/c1-22-18-9-13(3-5-15(18)11-20-22)7-17(24)8-14-4-6-16-12-21-23(2)19(16)10-14;1-22-15-5-3-13(7-11(15)9-18-22)20-17(24)21-14-4-6-16-12(8-14)10-19-23(16)2/h3-6,9-12H,7-8H2,1-2H3;3-10H,1-2H3,(H2,20,21,24). The highest BCUT2D eigenvalue weighted by molar-refractivity contribution is 7.80. The third-order valence-corrected chi connectivity index (χ3v) is 8.93. The average molecular weight is 671 g/mol. The molecule has 0 atom stereocenters. The van der Waals surface area contributed by atoms with Gasteiger partial charge in [0.1, 0.15) is 0 Å². The van der Waals surface area contributed by atoms with Crippen LogP contribution in [0.15, 0.2) is 97.6 Å². The molecule has 0 spiro atoms. The van der Waals surface area contributed by atoms with Crippen molar-refractivity contribution in [1.82, 2.24) is 39.1 Å². The van der Waals surface area contributed by atoms with E-state index in [2.05, 4.69) is 67.4 Å². The van der Waals surface area contributed by atoms with Gasteiger partial charge in [-0.1, -0.05) is 36.5 Å². The molecule has 0 unspecified atom stereocenters. The predicted molar refractivity (Wildman–Crippen MR) is 203 cm³/mol. The van der Waals surface area contributed by atoms with Gasteiger partial charge in [-0.05, 0) is 71.9 Å². The van der Waals surface area contributed by atoms with E-state index in [0.717, 1.165) is 72.7 Å². The lowest BCUT2D eigenvalue weighted by Crippen LogP contribution is -2.18. The van der Waals surface area contributed by atoms with Crippen molar-refractivity contribution in [3.63, 3.8) is 0 Å². The maximum Gasteiger partial charge on any atom is 0.175 e. The van der Waals surface area contributed by atoms with Crippen molar-refractivity contribution < 1.29 is 0 Å². The second kappa shape index (κ2) is 13.0. The van der Waals surface area contributed by atoms with Gasteiger partial charge in [0, 0.05) is 78.8 Å². The van der Waals surface area contributed by atoms with Gasteiger partial charge < -0.3 is 10.6 Å². The van der Waals surface area contributed by atoms with Crippen LogP contribution in [0.1, 0.15) is 11.1 Å². The van der Waals surface area contributed by atoms with Crippen LogP contribution in [-0.2, 0) is 41.0 Å². The van der Waals surface area contributed by atoms with Crippen LogP contribution in [0, 0.1) is 0 Å². The summed E-state index contributed by atoms with van der Waals surface area (Å²) < 4.78 is 7.49. The lowest BCUT2D eigenvalue weighted by molar-refractivity contribution is 0.796. The summed E-state index contributed by atoms with van der Waals surface area (Å²) in [6, 6.07) is 24.9. The largest absolute Gasteiger partial charge is 0.332 e. The van der Waals surface area contributed by atoms with Gasteiger partial charge in [-0.15, -0.1) is 0 Å². The third-order valence-electron chi connectivity index (χ3n) is 8.44. The molecule has 0 saturated heterocycles. The molecule has 240 valence electrons. The molecule has 0 aliphatic rings. The molecule has 0 bridgehead atoms. The van der Waals surface area contributed by atoms with Crippen LogP contribution in [0.4, 0.5) is 11.4 Å². The number of hydrogen-bond acceptors (Lipinski definition) is 6. The van der Waals surface area contributed by atoms with Crippen LogP contribution in [0.5, 0.6) is 0 Å². The van der Waals surface area contributed by atoms with E-state index in [-0.39, 0.29) is 0 Å². The monoisotopic (exact) mass is 670 g/mol. The molecule has 2 N–H and O–H groups in total. The Labute approximate surface area is 288 Å². The smallest absolute Gasteiger partial charge is 0.175 e. The van der Waals surface area contributed by atoms with Crippen molar-refractivity contribution >= 4 is 89.4 Å². The van der Waals surface area contributed by atoms with Gasteiger partial charge >= 0.3 is 0 Å². The minimum Gasteiger partial charge on any atom is -0.332 e. The van der Waals surface area contributed by atoms with Crippen LogP contribution in [0.2, 0.25) is 0 Å². The van der Waals surface area contributed by atoms with Gasteiger partial charge in [-0.25, -0.2) is 0 Å². The molecule has 4 aromatic carbocycles. The summed E-state index contributed by atoms with van der Waals surface area (Å²) in [5.74, 6) is 0. The van der Waals surface area contributed by atoms with Crippen molar-refractivity contribution in [3.05, 3.63) is 109 Å². The first kappa shape index (κ1) is 31.2. The Bertz CT molecular complexity index is 2300. The van der Waals surface area contributed by atoms with E-state index in [4.69, 9.17) is 24.4 Å². The molecule has 0 radical (unpaired) electrons. The quantitative estimate of drug-likeness (QED) is 0.185. The van der Waals surface area contributed by atoms with Crippen molar-refractivity contribution in [1.29, 1.82) is 0 Å². The number of fused-ring (bicyclic) bond motifs is 4. The SMILES string of the molecule is Cn1ncc2cc(NC(=S)Nc3ccc4c(cnn4C)c3)ccc21.Cn1ncc2ccc(CC(=S)Cc3ccc4cnn(C)c4c3)cc21. The van der Waals surface area contributed by atoms with Gasteiger partial charge in [0.15, 0.2) is 5.11 Å². The summed E-state index contributed by atoms with van der Waals surface area (Å²) >= 11 is 11.1. The maximum absolute atomic E-state index is 5.64. The van der Waals surface area contributed by atoms with Gasteiger partial charge in [-0.3, -0.25) is 18.7 Å². The van der Waals surface area contributed by atoms with Crippen LogP contribution >= 0.6 is 24.4 Å². The summed E-state index contributed by atoms with van der Waals surface area (Å²) in [5, 5.41) is 28.5. The fourth-order valence-electron chi connectivity index (χ4n) is 5.89. The summed E-state index contributed by atoms with van der Waals surface area (Å²) in [7, 11) is 7.79. The van der Waals surface area contributed by atoms with Gasteiger partial charge in [0.2, 0.25) is 0 Å². The highest BCUT2D eigenvalue weighted by Crippen LogP contribution is 2.22. The van der Waals surface area contributed by atoms with E-state index in [9.17, 15) is 0 Å². The van der Waals surface area contributed by atoms with E-state index in [1.807, 2.05) is 108 Å². The summed E-state index contributed by atoms with van der Waals surface area (Å²) in [6.07, 6.45) is 9.07. The van der Waals surface area contributed by atoms with E-state index in [1.54, 1.807) is 0 Å². The molecule has 8 aromatic rings. The van der Waals surface area contributed by atoms with E-state index in [0.29, 0.717) is 5.11 Å². The topological polar surface area (TPSA) is 95.3 Å². The Balaban J connectivity index is 0.000000152. The molecule has 0 amide bonds. The average Bonchev–Trinajstić information content (AvgIpc) is 3.84. The molecular formula is C36H34N10S2. The van der Waals surface area contributed by atoms with Gasteiger partial charge in [-0.2, -0.15) is 20.4 Å². The van der Waals surface area contributed by atoms with Crippen molar-refractivity contribution in [3.8, 4) is 0 Å². The lowest BCUT2D eigenvalue weighted by atomic mass is 10.0. The Kier molecular flexibility index (Phi) is 8.42. The van der Waals surface area contributed by atoms with E-state index in [1.165, 1.54) is 11.1 Å². The van der Waals surface area contributed by atoms with Crippen LogP contribution < -0.4 is 10.6 Å². The van der Waals surface area contributed by atoms with Gasteiger partial charge in [0.05, 0.1) is 46.9 Å². The first-order chi connectivity index (χ1) is 23.2. The second-order valence-corrected chi connectivity index (χ2v) is 12.9. The molecule has 12 heteroatoms. The first-order valence-corrected chi connectivity index (χ1v) is 16.3. The zero-order valence-electron chi connectivity index (χ0n) is 27.0. The third kappa shape index (κ3) is 6.53. The Morgan fingerprint density at radius 1 is 0.500 bits per heavy atom. The molecule has 0 aliphatic heterocycles. The molecule has 10 nitrogen and oxygen atoms in total. The van der Waals surface area contributed by atoms with Crippen molar-refractivity contribution in [2.24, 2.45) is 28.2 Å². The van der Waals surface area contributed by atoms with E-state index >= 15 is 0 Å². The minimum absolute atomic E-state index is 0.543. The predicted octanol–water partition coefficient (Wildman–Crippen LogP) is 6.88. The summed E-state index contributed by atoms with van der Waals surface area (Å²) in [5.41, 5.74) is 8.78. The minimum atomic E-state index is 0.543. The highest BCUT2D eigenvalue weighted by atomic mass is 32.1. The Hall–Kier alpha value is -5.46. The van der Waals surface area contributed by atoms with Crippen LogP contribution in [0.25, 0.3) is 43.6 Å². The fourth-order valence-corrected chi connectivity index (χ4v) is 6.46. The molecule has 4 aromatic heterocycles. The first-order valence-electron chi connectivity index (χ1n) is 15.4. The Morgan fingerprint density at radius 2 is 0.896 bits per heavy atom. The summed E-state index contributed by atoms with van der Waals surface area (Å²) in [4.78, 5) is 1.04. The number of aryl methyl sites for hydroxylation is 4. The molecule has 0 fully saturated rings. The number of nitrogens with zero attached hydrogens (tertiary/aromatic N) is 8. The zero-order chi connectivity index (χ0) is 33.4. The van der Waals surface area contributed by atoms with Crippen LogP contribution in [0.3, 0.4) is 0 Å². The summed E-state index contributed by atoms with van der Waals surface area (Å²) in [6.45, 7) is 0. The highest BCUT2D eigenvalue weighted by Gasteiger charge is 2.08.